The lowest BCUT2D eigenvalue weighted by Crippen LogP contribution is -2.18. The molecule has 1 saturated heterocycles. The van der Waals surface area contributed by atoms with Crippen LogP contribution in [-0.4, -0.2) is 61.7 Å². The molecular formula is C31H33Cl2FN4O5S. The number of anilines is 2. The fourth-order valence-corrected chi connectivity index (χ4v) is 6.69. The predicted molar refractivity (Wildman–Crippen MR) is 169 cm³/mol. The first-order valence-electron chi connectivity index (χ1n) is 14.0. The van der Waals surface area contributed by atoms with Gasteiger partial charge in [0.15, 0.2) is 17.3 Å². The Labute approximate surface area is 266 Å². The number of hydrogen-bond donors (Lipinski definition) is 2. The maximum Gasteiger partial charge on any atom is 0.294 e. The third-order valence-corrected chi connectivity index (χ3v) is 9.68. The third-order valence-electron chi connectivity index (χ3n) is 8.03. The SMILES string of the molecule is COc1cc2c(Nc3ccc(Cl)c(Cl)c3F)ncnc2cc1OCC1C[C@@H]2CN(C)C[C@@H]2C1.Cc1ccc(S(=O)(=O)O)cc1. The fourth-order valence-electron chi connectivity index (χ4n) is 5.90. The quantitative estimate of drug-likeness (QED) is 0.159. The molecule has 0 radical (unpaired) electrons. The van der Waals surface area contributed by atoms with Gasteiger partial charge >= 0.3 is 0 Å². The van der Waals surface area contributed by atoms with Gasteiger partial charge in [-0.25, -0.2) is 14.4 Å². The standard InChI is InChI=1S/C24H25Cl2FN4O2.C7H8O3S/c1-31-9-14-5-13(6-15(14)10-31)11-33-21-8-19-16(7-20(21)32-2)24(29-12-28-19)30-18-4-3-17(25)22(26)23(18)27;1-6-2-4-7(5-3-6)11(8,9)10/h3-4,7-8,12-15H,5-6,9-11H2,1-2H3,(H,28,29,30);2-5H,1H3,(H,8,9,10)/t13?,14-,15+;. The molecule has 0 bridgehead atoms. The van der Waals surface area contributed by atoms with Crippen LogP contribution in [0, 0.1) is 30.5 Å². The molecule has 1 aliphatic carbocycles. The Morgan fingerprint density at radius 2 is 1.73 bits per heavy atom. The smallest absolute Gasteiger partial charge is 0.294 e. The van der Waals surface area contributed by atoms with E-state index in [9.17, 15) is 12.8 Å². The van der Waals surface area contributed by atoms with Crippen molar-refractivity contribution in [2.75, 3.05) is 39.2 Å². The number of nitrogens with one attached hydrogen (secondary N) is 1. The van der Waals surface area contributed by atoms with Crippen molar-refractivity contribution in [3.63, 3.8) is 0 Å². The van der Waals surface area contributed by atoms with Crippen molar-refractivity contribution in [3.8, 4) is 11.5 Å². The van der Waals surface area contributed by atoms with Gasteiger partial charge in [-0.1, -0.05) is 40.9 Å². The molecule has 0 amide bonds. The van der Waals surface area contributed by atoms with Crippen molar-refractivity contribution in [1.82, 2.24) is 14.9 Å². The summed E-state index contributed by atoms with van der Waals surface area (Å²) in [6.07, 6.45) is 3.83. The summed E-state index contributed by atoms with van der Waals surface area (Å²) in [5, 5.41) is 3.66. The van der Waals surface area contributed by atoms with Crippen molar-refractivity contribution >= 4 is 55.7 Å². The maximum atomic E-state index is 14.5. The minimum absolute atomic E-state index is 0.0666. The van der Waals surface area contributed by atoms with E-state index in [1.54, 1.807) is 25.3 Å². The van der Waals surface area contributed by atoms with Gasteiger partial charge in [-0.2, -0.15) is 8.42 Å². The van der Waals surface area contributed by atoms with Crippen LogP contribution in [0.2, 0.25) is 10.0 Å². The summed E-state index contributed by atoms with van der Waals surface area (Å²) in [6.45, 7) is 4.87. The first-order valence-corrected chi connectivity index (χ1v) is 16.2. The number of ether oxygens (including phenoxy) is 2. The van der Waals surface area contributed by atoms with Gasteiger partial charge in [-0.15, -0.1) is 0 Å². The van der Waals surface area contributed by atoms with E-state index < -0.39 is 15.9 Å². The molecule has 1 aromatic heterocycles. The Bertz CT molecular complexity index is 1750. The normalized spacial score (nSPS) is 19.8. The number of halogens is 3. The largest absolute Gasteiger partial charge is 0.493 e. The fraction of sp³-hybridized carbons (Fsp3) is 0.355. The van der Waals surface area contributed by atoms with E-state index in [4.69, 9.17) is 37.2 Å². The van der Waals surface area contributed by atoms with E-state index in [-0.39, 0.29) is 20.6 Å². The van der Waals surface area contributed by atoms with E-state index in [0.717, 1.165) is 17.4 Å². The van der Waals surface area contributed by atoms with Crippen LogP contribution >= 0.6 is 23.2 Å². The zero-order valence-corrected chi connectivity index (χ0v) is 26.8. The molecule has 4 aromatic rings. The second-order valence-corrected chi connectivity index (χ2v) is 13.5. The molecule has 2 N–H and O–H groups in total. The molecule has 0 spiro atoms. The molecule has 2 fully saturated rings. The number of fused-ring (bicyclic) bond motifs is 2. The molecule has 3 aromatic carbocycles. The van der Waals surface area contributed by atoms with Gasteiger partial charge in [0, 0.05) is 24.5 Å². The first-order chi connectivity index (χ1) is 20.9. The highest BCUT2D eigenvalue weighted by Gasteiger charge is 2.39. The van der Waals surface area contributed by atoms with Gasteiger partial charge < -0.3 is 19.7 Å². The zero-order valence-electron chi connectivity index (χ0n) is 24.4. The summed E-state index contributed by atoms with van der Waals surface area (Å²) in [5.41, 5.74) is 1.78. The highest BCUT2D eigenvalue weighted by atomic mass is 35.5. The molecule has 6 rings (SSSR count). The van der Waals surface area contributed by atoms with E-state index in [2.05, 4.69) is 27.2 Å². The van der Waals surface area contributed by atoms with E-state index >= 15 is 0 Å². The Balaban J connectivity index is 0.000000296. The highest BCUT2D eigenvalue weighted by molar-refractivity contribution is 7.85. The van der Waals surface area contributed by atoms with Crippen LogP contribution in [0.15, 0.2) is 59.8 Å². The molecule has 234 valence electrons. The van der Waals surface area contributed by atoms with Crippen LogP contribution in [-0.2, 0) is 10.1 Å². The second kappa shape index (κ2) is 13.4. The number of likely N-dealkylation sites (tertiary alicyclic amines) is 1. The molecular weight excluding hydrogens is 630 g/mol. The average Bonchev–Trinajstić information content (AvgIpc) is 3.53. The summed E-state index contributed by atoms with van der Waals surface area (Å²) < 4.78 is 55.9. The maximum absolute atomic E-state index is 14.5. The third kappa shape index (κ3) is 7.35. The molecule has 13 heteroatoms. The zero-order chi connectivity index (χ0) is 31.6. The number of nitrogens with zero attached hydrogens (tertiary/aromatic N) is 3. The lowest BCUT2D eigenvalue weighted by Gasteiger charge is -2.17. The van der Waals surface area contributed by atoms with E-state index in [1.165, 1.54) is 56.5 Å². The number of aromatic nitrogens is 2. The number of rotatable bonds is 7. The van der Waals surface area contributed by atoms with Crippen LogP contribution in [0.3, 0.4) is 0 Å². The average molecular weight is 664 g/mol. The van der Waals surface area contributed by atoms with Crippen molar-refractivity contribution in [3.05, 3.63) is 76.3 Å². The minimum Gasteiger partial charge on any atom is -0.493 e. The Morgan fingerprint density at radius 3 is 2.36 bits per heavy atom. The molecule has 2 aliphatic rings. The number of methoxy groups -OCH3 is 1. The summed E-state index contributed by atoms with van der Waals surface area (Å²) >= 11 is 11.8. The predicted octanol–water partition coefficient (Wildman–Crippen LogP) is 7.04. The molecule has 3 atom stereocenters. The van der Waals surface area contributed by atoms with Crippen molar-refractivity contribution in [1.29, 1.82) is 0 Å². The number of aryl methyl sites for hydroxylation is 1. The van der Waals surface area contributed by atoms with E-state index in [0.29, 0.717) is 40.7 Å². The Morgan fingerprint density at radius 1 is 1.05 bits per heavy atom. The van der Waals surface area contributed by atoms with Gasteiger partial charge in [0.05, 0.1) is 39.9 Å². The molecule has 1 unspecified atom stereocenters. The van der Waals surface area contributed by atoms with Crippen LogP contribution in [0.25, 0.3) is 10.9 Å². The summed E-state index contributed by atoms with van der Waals surface area (Å²) in [7, 11) is -0.224. The lowest BCUT2D eigenvalue weighted by molar-refractivity contribution is 0.227. The molecule has 1 saturated carbocycles. The second-order valence-electron chi connectivity index (χ2n) is 11.3. The summed E-state index contributed by atoms with van der Waals surface area (Å²) in [4.78, 5) is 11.0. The van der Waals surface area contributed by atoms with Gasteiger partial charge in [0.1, 0.15) is 12.1 Å². The minimum atomic E-state index is -4.02. The van der Waals surface area contributed by atoms with Crippen LogP contribution in [0.1, 0.15) is 18.4 Å². The molecule has 44 heavy (non-hydrogen) atoms. The number of hydrogen-bond acceptors (Lipinski definition) is 8. The van der Waals surface area contributed by atoms with Crippen molar-refractivity contribution in [2.24, 2.45) is 17.8 Å². The molecule has 2 heterocycles. The van der Waals surface area contributed by atoms with Gasteiger partial charge in [0.25, 0.3) is 10.1 Å². The van der Waals surface area contributed by atoms with Crippen molar-refractivity contribution < 1.29 is 26.8 Å². The van der Waals surface area contributed by atoms with Crippen LogP contribution in [0.4, 0.5) is 15.9 Å². The number of benzene rings is 3. The summed E-state index contributed by atoms with van der Waals surface area (Å²) in [6, 6.07) is 12.7. The van der Waals surface area contributed by atoms with Gasteiger partial charge in [-0.05, 0) is 74.9 Å². The molecule has 1 aliphatic heterocycles. The monoisotopic (exact) mass is 662 g/mol. The Hall–Kier alpha value is -3.22. The van der Waals surface area contributed by atoms with E-state index in [1.807, 2.05) is 13.0 Å². The topological polar surface area (TPSA) is 114 Å². The van der Waals surface area contributed by atoms with Crippen molar-refractivity contribution in [2.45, 2.75) is 24.7 Å². The van der Waals surface area contributed by atoms with Gasteiger partial charge in [-0.3, -0.25) is 4.55 Å². The van der Waals surface area contributed by atoms with Gasteiger partial charge in [0.2, 0.25) is 0 Å². The first kappa shape index (κ1) is 32.2. The lowest BCUT2D eigenvalue weighted by atomic mass is 10.0. The highest BCUT2D eigenvalue weighted by Crippen LogP contribution is 2.42. The summed E-state index contributed by atoms with van der Waals surface area (Å²) in [5.74, 6) is 3.12. The van der Waals surface area contributed by atoms with Crippen LogP contribution in [0.5, 0.6) is 11.5 Å². The van der Waals surface area contributed by atoms with Crippen LogP contribution < -0.4 is 14.8 Å². The Kier molecular flexibility index (Phi) is 9.81. The molecule has 9 nitrogen and oxygen atoms in total.